The fraction of sp³-hybridized carbons (Fsp3) is 0.542. The first-order valence-electron chi connectivity index (χ1n) is 12.3. The Labute approximate surface area is 217 Å². The van der Waals surface area contributed by atoms with E-state index < -0.39 is 5.82 Å². The Morgan fingerprint density at radius 3 is 2.43 bits per heavy atom. The Kier molecular flexibility index (Phi) is 9.17. The SMILES string of the molecule is CN(CCNC(=S)Nc1ccc(Cl)c(F)c1)CCNc1cc(N2CCCC2)nc(N2CCCC2)n1. The van der Waals surface area contributed by atoms with Crippen molar-refractivity contribution in [2.75, 3.05) is 79.8 Å². The molecule has 0 saturated carbocycles. The Hall–Kier alpha value is -2.43. The highest BCUT2D eigenvalue weighted by Crippen LogP contribution is 2.25. The summed E-state index contributed by atoms with van der Waals surface area (Å²) in [4.78, 5) is 16.5. The van der Waals surface area contributed by atoms with Crippen LogP contribution in [0.1, 0.15) is 25.7 Å². The van der Waals surface area contributed by atoms with Crippen molar-refractivity contribution in [2.24, 2.45) is 0 Å². The number of thiocarbonyl (C=S) groups is 1. The highest BCUT2D eigenvalue weighted by atomic mass is 35.5. The number of hydrogen-bond donors (Lipinski definition) is 3. The van der Waals surface area contributed by atoms with E-state index in [1.807, 2.05) is 0 Å². The summed E-state index contributed by atoms with van der Waals surface area (Å²) in [5, 5.41) is 10.2. The van der Waals surface area contributed by atoms with Crippen molar-refractivity contribution in [3.8, 4) is 0 Å². The molecule has 0 spiro atoms. The van der Waals surface area contributed by atoms with Crippen LogP contribution in [0, 0.1) is 5.82 Å². The zero-order valence-electron chi connectivity index (χ0n) is 20.2. The molecule has 0 radical (unpaired) electrons. The number of nitrogens with one attached hydrogen (secondary N) is 3. The van der Waals surface area contributed by atoms with Crippen LogP contribution in [0.4, 0.5) is 27.7 Å². The summed E-state index contributed by atoms with van der Waals surface area (Å²) in [5.41, 5.74) is 0.563. The average Bonchev–Trinajstić information content (AvgIpc) is 3.56. The van der Waals surface area contributed by atoms with Gasteiger partial charge in [0.2, 0.25) is 5.95 Å². The van der Waals surface area contributed by atoms with Gasteiger partial charge in [0.1, 0.15) is 17.5 Å². The normalized spacial score (nSPS) is 15.7. The Bertz CT molecular complexity index is 963. The van der Waals surface area contributed by atoms with Crippen LogP contribution in [-0.4, -0.2) is 79.4 Å². The van der Waals surface area contributed by atoms with E-state index in [1.165, 1.54) is 37.8 Å². The van der Waals surface area contributed by atoms with E-state index in [0.717, 1.165) is 63.4 Å². The van der Waals surface area contributed by atoms with Crippen LogP contribution in [-0.2, 0) is 0 Å². The zero-order valence-corrected chi connectivity index (χ0v) is 21.8. The lowest BCUT2D eigenvalue weighted by Gasteiger charge is -2.22. The molecule has 35 heavy (non-hydrogen) atoms. The largest absolute Gasteiger partial charge is 0.369 e. The number of nitrogens with zero attached hydrogens (tertiary/aromatic N) is 5. The van der Waals surface area contributed by atoms with Crippen molar-refractivity contribution in [2.45, 2.75) is 25.7 Å². The molecule has 1 aromatic carbocycles. The number of hydrogen-bond acceptors (Lipinski definition) is 7. The maximum atomic E-state index is 13.6. The van der Waals surface area contributed by atoms with Crippen molar-refractivity contribution >= 4 is 52.2 Å². The number of rotatable bonds is 10. The van der Waals surface area contributed by atoms with Gasteiger partial charge >= 0.3 is 0 Å². The molecule has 0 bridgehead atoms. The summed E-state index contributed by atoms with van der Waals surface area (Å²) in [5.74, 6) is 2.28. The van der Waals surface area contributed by atoms with E-state index in [-0.39, 0.29) is 5.02 Å². The molecule has 2 aromatic rings. The molecular weight excluding hydrogens is 487 g/mol. The summed E-state index contributed by atoms with van der Waals surface area (Å²) in [7, 11) is 2.07. The fourth-order valence-corrected chi connectivity index (χ4v) is 4.61. The molecule has 3 heterocycles. The van der Waals surface area contributed by atoms with Gasteiger partial charge in [0.25, 0.3) is 0 Å². The number of likely N-dealkylation sites (N-methyl/N-ethyl adjacent to an activating group) is 1. The molecule has 0 aliphatic carbocycles. The Balaban J connectivity index is 1.21. The standard InChI is InChI=1S/C24H34ClFN8S/c1-32(15-9-28-24(35)29-18-6-7-19(25)20(26)16-18)14-8-27-21-17-22(33-10-2-3-11-33)31-23(30-21)34-12-4-5-13-34/h6-7,16-17H,2-5,8-15H2,1H3,(H,27,30,31)(H2,28,29,35). The molecule has 3 N–H and O–H groups in total. The summed E-state index contributed by atoms with van der Waals surface area (Å²) in [6, 6.07) is 6.60. The van der Waals surface area contributed by atoms with Gasteiger partial charge in [-0.2, -0.15) is 9.97 Å². The molecule has 190 valence electrons. The monoisotopic (exact) mass is 520 g/mol. The van der Waals surface area contributed by atoms with Gasteiger partial charge in [0.15, 0.2) is 5.11 Å². The third-order valence-electron chi connectivity index (χ3n) is 6.28. The molecule has 1 aromatic heterocycles. The topological polar surface area (TPSA) is 71.6 Å². The van der Waals surface area contributed by atoms with Crippen molar-refractivity contribution in [3.63, 3.8) is 0 Å². The third kappa shape index (κ3) is 7.52. The van der Waals surface area contributed by atoms with Crippen molar-refractivity contribution in [1.29, 1.82) is 0 Å². The van der Waals surface area contributed by atoms with Crippen LogP contribution >= 0.6 is 23.8 Å². The van der Waals surface area contributed by atoms with Crippen molar-refractivity contribution < 1.29 is 4.39 Å². The Morgan fingerprint density at radius 2 is 1.71 bits per heavy atom. The molecule has 4 rings (SSSR count). The van der Waals surface area contributed by atoms with E-state index in [1.54, 1.807) is 6.07 Å². The smallest absolute Gasteiger partial charge is 0.229 e. The quantitative estimate of drug-likeness (QED) is 0.406. The van der Waals surface area contributed by atoms with Gasteiger partial charge < -0.3 is 30.7 Å². The van der Waals surface area contributed by atoms with Gasteiger partial charge in [-0.25, -0.2) is 4.39 Å². The van der Waals surface area contributed by atoms with Crippen LogP contribution in [0.15, 0.2) is 24.3 Å². The van der Waals surface area contributed by atoms with Crippen LogP contribution < -0.4 is 25.8 Å². The lowest BCUT2D eigenvalue weighted by atomic mass is 10.3. The molecule has 0 atom stereocenters. The number of halogens is 2. The van der Waals surface area contributed by atoms with E-state index in [9.17, 15) is 4.39 Å². The summed E-state index contributed by atoms with van der Waals surface area (Å²) < 4.78 is 13.6. The van der Waals surface area contributed by atoms with Crippen LogP contribution in [0.2, 0.25) is 5.02 Å². The number of aromatic nitrogens is 2. The van der Waals surface area contributed by atoms with Crippen molar-refractivity contribution in [3.05, 3.63) is 35.1 Å². The number of benzene rings is 1. The molecule has 2 aliphatic heterocycles. The molecule has 8 nitrogen and oxygen atoms in total. The maximum absolute atomic E-state index is 13.6. The lowest BCUT2D eigenvalue weighted by Crippen LogP contribution is -2.36. The zero-order chi connectivity index (χ0) is 24.6. The lowest BCUT2D eigenvalue weighted by molar-refractivity contribution is 0.352. The van der Waals surface area contributed by atoms with Crippen LogP contribution in [0.5, 0.6) is 0 Å². The van der Waals surface area contributed by atoms with E-state index >= 15 is 0 Å². The van der Waals surface area contributed by atoms with Gasteiger partial charge in [-0.05, 0) is 63.1 Å². The third-order valence-corrected chi connectivity index (χ3v) is 6.83. The van der Waals surface area contributed by atoms with E-state index in [4.69, 9.17) is 33.8 Å². The van der Waals surface area contributed by atoms with E-state index in [0.29, 0.717) is 17.3 Å². The van der Waals surface area contributed by atoms with Gasteiger partial charge in [-0.3, -0.25) is 0 Å². The first-order valence-corrected chi connectivity index (χ1v) is 13.1. The summed E-state index contributed by atoms with van der Waals surface area (Å²) in [6.45, 7) is 7.30. The van der Waals surface area contributed by atoms with Gasteiger partial charge in [-0.1, -0.05) is 11.6 Å². The molecule has 2 fully saturated rings. The minimum atomic E-state index is -0.476. The first kappa shape index (κ1) is 25.7. The maximum Gasteiger partial charge on any atom is 0.229 e. The number of anilines is 4. The predicted octanol–water partition coefficient (Wildman–Crippen LogP) is 3.80. The summed E-state index contributed by atoms with van der Waals surface area (Å²) in [6.07, 6.45) is 4.85. The molecule has 2 aliphatic rings. The van der Waals surface area contributed by atoms with Gasteiger partial charge in [-0.15, -0.1) is 0 Å². The molecular formula is C24H34ClFN8S. The fourth-order valence-electron chi connectivity index (χ4n) is 4.28. The van der Waals surface area contributed by atoms with Crippen molar-refractivity contribution in [1.82, 2.24) is 20.2 Å². The molecule has 2 saturated heterocycles. The van der Waals surface area contributed by atoms with E-state index in [2.05, 4.69) is 43.8 Å². The molecule has 11 heteroatoms. The highest BCUT2D eigenvalue weighted by Gasteiger charge is 2.20. The van der Waals surface area contributed by atoms with Crippen LogP contribution in [0.25, 0.3) is 0 Å². The van der Waals surface area contributed by atoms with Gasteiger partial charge in [0, 0.05) is 64.1 Å². The minimum Gasteiger partial charge on any atom is -0.369 e. The summed E-state index contributed by atoms with van der Waals surface area (Å²) >= 11 is 11.0. The minimum absolute atomic E-state index is 0.0890. The second-order valence-electron chi connectivity index (χ2n) is 9.04. The van der Waals surface area contributed by atoms with Crippen LogP contribution in [0.3, 0.4) is 0 Å². The van der Waals surface area contributed by atoms with Gasteiger partial charge in [0.05, 0.1) is 5.02 Å². The first-order chi connectivity index (χ1) is 17.0. The predicted molar refractivity (Wildman–Crippen MR) is 147 cm³/mol. The Morgan fingerprint density at radius 1 is 1.03 bits per heavy atom. The second-order valence-corrected chi connectivity index (χ2v) is 9.85. The second kappa shape index (κ2) is 12.5. The average molecular weight is 521 g/mol. The molecule has 0 amide bonds. The molecule has 0 unspecified atom stereocenters. The highest BCUT2D eigenvalue weighted by molar-refractivity contribution is 7.80.